The number of nitrogens with zero attached hydrogens (tertiary/aromatic N) is 2. The number of carboxylic acid groups (broad SMARTS) is 1. The number of anilines is 1. The van der Waals surface area contributed by atoms with Crippen molar-refractivity contribution in [3.8, 4) is 0 Å². The van der Waals surface area contributed by atoms with E-state index in [0.29, 0.717) is 23.6 Å². The largest absolute Gasteiger partial charge is 0.478 e. The lowest BCUT2D eigenvalue weighted by atomic mass is 10.1. The van der Waals surface area contributed by atoms with Gasteiger partial charge in [0.15, 0.2) is 5.82 Å². The van der Waals surface area contributed by atoms with Crippen LogP contribution in [0.15, 0.2) is 15.9 Å². The van der Waals surface area contributed by atoms with Gasteiger partial charge in [-0.15, -0.1) is 16.4 Å². The summed E-state index contributed by atoms with van der Waals surface area (Å²) in [5, 5.41) is 22.2. The lowest BCUT2D eigenvalue weighted by Gasteiger charge is -2.10. The molecule has 0 aromatic carbocycles. The Kier molecular flexibility index (Phi) is 4.16. The molecule has 2 N–H and O–H groups in total. The molecular weight excluding hydrogens is 330 g/mol. The van der Waals surface area contributed by atoms with Crippen LogP contribution in [0.25, 0.3) is 0 Å². The van der Waals surface area contributed by atoms with Gasteiger partial charge < -0.3 is 10.4 Å². The molecule has 2 heterocycles. The fraction of sp³-hybridized carbons (Fsp3) is 0.250. The van der Waals surface area contributed by atoms with Crippen molar-refractivity contribution in [2.24, 2.45) is 0 Å². The van der Waals surface area contributed by atoms with E-state index in [9.17, 15) is 9.90 Å². The summed E-state index contributed by atoms with van der Waals surface area (Å²) < 4.78 is 1.01. The molecule has 2 aromatic rings. The summed E-state index contributed by atoms with van der Waals surface area (Å²) in [7, 11) is 0. The summed E-state index contributed by atoms with van der Waals surface area (Å²) in [4.78, 5) is 12.4. The number of nitrogens with one attached hydrogen (secondary N) is 1. The van der Waals surface area contributed by atoms with Crippen LogP contribution in [0.2, 0.25) is 0 Å². The Morgan fingerprint density at radius 1 is 1.47 bits per heavy atom. The first-order chi connectivity index (χ1) is 8.99. The molecule has 100 valence electrons. The zero-order valence-corrected chi connectivity index (χ0v) is 12.8. The average Bonchev–Trinajstić information content (AvgIpc) is 2.76. The smallest absolute Gasteiger partial charge is 0.339 e. The third-order valence-corrected chi connectivity index (χ3v) is 4.42. The summed E-state index contributed by atoms with van der Waals surface area (Å²) in [6, 6.07) is 1.98. The molecule has 0 fully saturated rings. The summed E-state index contributed by atoms with van der Waals surface area (Å²) in [5.74, 6) is -0.689. The van der Waals surface area contributed by atoms with E-state index in [-0.39, 0.29) is 5.56 Å². The van der Waals surface area contributed by atoms with Crippen molar-refractivity contribution in [2.45, 2.75) is 20.4 Å². The Balaban J connectivity index is 2.25. The van der Waals surface area contributed by atoms with Crippen LogP contribution in [-0.2, 0) is 6.54 Å². The van der Waals surface area contributed by atoms with Crippen molar-refractivity contribution in [1.82, 2.24) is 10.2 Å². The van der Waals surface area contributed by atoms with Crippen LogP contribution < -0.4 is 5.32 Å². The normalized spacial score (nSPS) is 10.5. The number of aryl methyl sites for hydroxylation is 1. The van der Waals surface area contributed by atoms with Crippen LogP contribution in [-0.4, -0.2) is 21.3 Å². The maximum Gasteiger partial charge on any atom is 0.339 e. The van der Waals surface area contributed by atoms with Crippen LogP contribution in [0.1, 0.15) is 26.5 Å². The second-order valence-corrected chi connectivity index (χ2v) is 5.94. The number of halogens is 1. The number of hydrogen-bond acceptors (Lipinski definition) is 5. The summed E-state index contributed by atoms with van der Waals surface area (Å²) in [5.41, 5.74) is 1.45. The second-order valence-electron chi connectivity index (χ2n) is 4.02. The van der Waals surface area contributed by atoms with Crippen molar-refractivity contribution in [3.63, 3.8) is 0 Å². The number of rotatable bonds is 4. The first kappa shape index (κ1) is 14.0. The predicted octanol–water partition coefficient (Wildman–Crippen LogP) is 3.23. The molecular formula is C12H12BrN3O2S. The van der Waals surface area contributed by atoms with Crippen LogP contribution in [0.3, 0.4) is 0 Å². The molecule has 0 aliphatic rings. The van der Waals surface area contributed by atoms with E-state index < -0.39 is 5.97 Å². The molecule has 0 amide bonds. The van der Waals surface area contributed by atoms with E-state index in [4.69, 9.17) is 0 Å². The fourth-order valence-corrected chi connectivity index (χ4v) is 3.00. The van der Waals surface area contributed by atoms with Crippen LogP contribution in [0.5, 0.6) is 0 Å². The molecule has 7 heteroatoms. The van der Waals surface area contributed by atoms with Gasteiger partial charge in [-0.1, -0.05) is 0 Å². The zero-order valence-electron chi connectivity index (χ0n) is 10.4. The van der Waals surface area contributed by atoms with E-state index in [0.717, 1.165) is 9.35 Å². The quantitative estimate of drug-likeness (QED) is 0.892. The van der Waals surface area contributed by atoms with Crippen molar-refractivity contribution >= 4 is 39.1 Å². The molecule has 0 aliphatic carbocycles. The van der Waals surface area contributed by atoms with Crippen LogP contribution >= 0.6 is 27.3 Å². The fourth-order valence-electron chi connectivity index (χ4n) is 1.61. The molecule has 19 heavy (non-hydrogen) atoms. The summed E-state index contributed by atoms with van der Waals surface area (Å²) in [6.07, 6.45) is 0. The van der Waals surface area contributed by atoms with Gasteiger partial charge in [0.05, 0.1) is 12.2 Å². The van der Waals surface area contributed by atoms with Crippen LogP contribution in [0, 0.1) is 13.8 Å². The van der Waals surface area contributed by atoms with Gasteiger partial charge in [0.1, 0.15) is 5.56 Å². The standard InChI is InChI=1S/C12H12BrN3O2S/c1-6-7(2)15-16-11(10(6)12(17)18)14-4-9-3-8(13)5-19-9/h3,5H,4H2,1-2H3,(H,14,16)(H,17,18). The first-order valence-electron chi connectivity index (χ1n) is 5.53. The minimum Gasteiger partial charge on any atom is -0.478 e. The summed E-state index contributed by atoms with van der Waals surface area (Å²) >= 11 is 4.96. The number of hydrogen-bond donors (Lipinski definition) is 2. The van der Waals surface area contributed by atoms with Crippen molar-refractivity contribution < 1.29 is 9.90 Å². The maximum absolute atomic E-state index is 11.3. The van der Waals surface area contributed by atoms with E-state index in [2.05, 4.69) is 31.4 Å². The van der Waals surface area contributed by atoms with E-state index in [1.165, 1.54) is 0 Å². The Labute approximate surface area is 122 Å². The van der Waals surface area contributed by atoms with Gasteiger partial charge in [-0.25, -0.2) is 4.79 Å². The number of thiophene rings is 1. The molecule has 0 aliphatic heterocycles. The Bertz CT molecular complexity index is 627. The second kappa shape index (κ2) is 5.66. The van der Waals surface area contributed by atoms with E-state index >= 15 is 0 Å². The minimum absolute atomic E-state index is 0.183. The lowest BCUT2D eigenvalue weighted by Crippen LogP contribution is -2.12. The lowest BCUT2D eigenvalue weighted by molar-refractivity contribution is 0.0696. The maximum atomic E-state index is 11.3. The number of aromatic nitrogens is 2. The number of carbonyl (C=O) groups is 1. The van der Waals surface area contributed by atoms with Gasteiger partial charge in [-0.3, -0.25) is 0 Å². The molecule has 0 saturated heterocycles. The highest BCUT2D eigenvalue weighted by Gasteiger charge is 2.17. The van der Waals surface area contributed by atoms with Gasteiger partial charge >= 0.3 is 5.97 Å². The highest BCUT2D eigenvalue weighted by molar-refractivity contribution is 9.10. The molecule has 0 bridgehead atoms. The monoisotopic (exact) mass is 341 g/mol. The van der Waals surface area contributed by atoms with Gasteiger partial charge in [0, 0.05) is 14.7 Å². The van der Waals surface area contributed by atoms with Gasteiger partial charge in [0.2, 0.25) is 0 Å². The Morgan fingerprint density at radius 3 is 2.79 bits per heavy atom. The minimum atomic E-state index is -0.995. The van der Waals surface area contributed by atoms with Gasteiger partial charge in [0.25, 0.3) is 0 Å². The summed E-state index contributed by atoms with van der Waals surface area (Å²) in [6.45, 7) is 4.00. The van der Waals surface area contributed by atoms with Crippen molar-refractivity contribution in [3.05, 3.63) is 37.6 Å². The van der Waals surface area contributed by atoms with E-state index in [1.54, 1.807) is 25.2 Å². The number of carboxylic acids is 1. The highest BCUT2D eigenvalue weighted by atomic mass is 79.9. The highest BCUT2D eigenvalue weighted by Crippen LogP contribution is 2.22. The molecule has 0 radical (unpaired) electrons. The van der Waals surface area contributed by atoms with Crippen LogP contribution in [0.4, 0.5) is 5.82 Å². The predicted molar refractivity (Wildman–Crippen MR) is 77.8 cm³/mol. The van der Waals surface area contributed by atoms with Crippen molar-refractivity contribution in [1.29, 1.82) is 0 Å². The molecule has 0 atom stereocenters. The third kappa shape index (κ3) is 3.10. The molecule has 0 spiro atoms. The first-order valence-corrected chi connectivity index (χ1v) is 7.20. The molecule has 2 aromatic heterocycles. The van der Waals surface area contributed by atoms with Gasteiger partial charge in [-0.2, -0.15) is 5.10 Å². The molecule has 5 nitrogen and oxygen atoms in total. The van der Waals surface area contributed by atoms with Crippen molar-refractivity contribution in [2.75, 3.05) is 5.32 Å². The molecule has 0 saturated carbocycles. The molecule has 0 unspecified atom stereocenters. The Morgan fingerprint density at radius 2 is 2.21 bits per heavy atom. The molecule has 2 rings (SSSR count). The third-order valence-electron chi connectivity index (χ3n) is 2.72. The van der Waals surface area contributed by atoms with Gasteiger partial charge in [-0.05, 0) is 41.4 Å². The SMILES string of the molecule is Cc1nnc(NCc2cc(Br)cs2)c(C(=O)O)c1C. The number of aromatic carboxylic acids is 1. The zero-order chi connectivity index (χ0) is 14.0. The Hall–Kier alpha value is -1.47. The average molecular weight is 342 g/mol. The van der Waals surface area contributed by atoms with E-state index in [1.807, 2.05) is 11.4 Å². The topological polar surface area (TPSA) is 75.1 Å².